The number of hydrogen-bond acceptors (Lipinski definition) is 6. The third-order valence-electron chi connectivity index (χ3n) is 2.61. The number of thiazole rings is 1. The molecule has 8 heteroatoms. The van der Waals surface area contributed by atoms with Crippen LogP contribution < -0.4 is 16.4 Å². The predicted octanol–water partition coefficient (Wildman–Crippen LogP) is 3.32. The van der Waals surface area contributed by atoms with Gasteiger partial charge in [-0.15, -0.1) is 11.3 Å². The Morgan fingerprint density at radius 2 is 2.00 bits per heavy atom. The maximum atomic E-state index is 12.0. The van der Waals surface area contributed by atoms with Gasteiger partial charge >= 0.3 is 6.09 Å². The molecule has 2 rings (SSSR count). The molecule has 0 unspecified atom stereocenters. The zero-order valence-corrected chi connectivity index (χ0v) is 13.9. The Labute approximate surface area is 137 Å². The first-order valence-electron chi connectivity index (χ1n) is 6.84. The minimum Gasteiger partial charge on any atom is -0.444 e. The maximum Gasteiger partial charge on any atom is 0.412 e. The standard InChI is InChI=1S/C15H18N4O3S/c1-15(2,3)22-14(21)18-9-4-5-10(16)11(6-9)19-13(20)12-7-23-8-17-12/h4-8H,16H2,1-3H3,(H,18,21)(H,19,20). The molecular weight excluding hydrogens is 316 g/mol. The van der Waals surface area contributed by atoms with Gasteiger partial charge in [-0.2, -0.15) is 0 Å². The normalized spacial score (nSPS) is 10.9. The molecule has 1 aromatic carbocycles. The second kappa shape index (κ2) is 6.66. The van der Waals surface area contributed by atoms with Crippen LogP contribution in [0.5, 0.6) is 0 Å². The number of aromatic nitrogens is 1. The quantitative estimate of drug-likeness (QED) is 0.747. The molecule has 2 amide bonds. The molecule has 0 fully saturated rings. The van der Waals surface area contributed by atoms with Crippen LogP contribution in [0.25, 0.3) is 0 Å². The molecule has 0 radical (unpaired) electrons. The van der Waals surface area contributed by atoms with E-state index in [1.165, 1.54) is 11.3 Å². The van der Waals surface area contributed by atoms with Gasteiger partial charge in [0.15, 0.2) is 0 Å². The van der Waals surface area contributed by atoms with Crippen LogP contribution in [0.3, 0.4) is 0 Å². The van der Waals surface area contributed by atoms with Crippen molar-refractivity contribution in [3.05, 3.63) is 34.8 Å². The van der Waals surface area contributed by atoms with Crippen LogP contribution in [0.15, 0.2) is 29.1 Å². The molecule has 2 aromatic rings. The zero-order chi connectivity index (χ0) is 17.0. The number of carbonyl (C=O) groups excluding carboxylic acids is 2. The summed E-state index contributed by atoms with van der Waals surface area (Å²) in [6.45, 7) is 5.32. The molecule has 1 heterocycles. The van der Waals surface area contributed by atoms with E-state index in [1.807, 2.05) is 0 Å². The Balaban J connectivity index is 2.10. The van der Waals surface area contributed by atoms with E-state index in [0.717, 1.165) is 0 Å². The van der Waals surface area contributed by atoms with E-state index in [-0.39, 0.29) is 5.91 Å². The number of amides is 2. The van der Waals surface area contributed by atoms with Crippen LogP contribution >= 0.6 is 11.3 Å². The number of carbonyl (C=O) groups is 2. The van der Waals surface area contributed by atoms with Crippen molar-refractivity contribution in [3.8, 4) is 0 Å². The summed E-state index contributed by atoms with van der Waals surface area (Å²) in [5.41, 5.74) is 8.35. The number of benzene rings is 1. The smallest absolute Gasteiger partial charge is 0.412 e. The Hall–Kier alpha value is -2.61. The molecule has 0 aliphatic heterocycles. The lowest BCUT2D eigenvalue weighted by Crippen LogP contribution is -2.27. The van der Waals surface area contributed by atoms with E-state index in [2.05, 4.69) is 15.6 Å². The zero-order valence-electron chi connectivity index (χ0n) is 13.0. The summed E-state index contributed by atoms with van der Waals surface area (Å²) >= 11 is 1.32. The van der Waals surface area contributed by atoms with E-state index in [9.17, 15) is 9.59 Å². The van der Waals surface area contributed by atoms with Crippen LogP contribution in [-0.2, 0) is 4.74 Å². The molecule has 23 heavy (non-hydrogen) atoms. The fourth-order valence-electron chi connectivity index (χ4n) is 1.67. The van der Waals surface area contributed by atoms with Gasteiger partial charge < -0.3 is 15.8 Å². The number of hydrogen-bond donors (Lipinski definition) is 3. The van der Waals surface area contributed by atoms with Crippen molar-refractivity contribution in [1.82, 2.24) is 4.98 Å². The van der Waals surface area contributed by atoms with Gasteiger partial charge in [-0.25, -0.2) is 9.78 Å². The van der Waals surface area contributed by atoms with Gasteiger partial charge in [-0.05, 0) is 39.0 Å². The molecule has 4 N–H and O–H groups in total. The largest absolute Gasteiger partial charge is 0.444 e. The van der Waals surface area contributed by atoms with Crippen molar-refractivity contribution < 1.29 is 14.3 Å². The minimum absolute atomic E-state index is 0.305. The van der Waals surface area contributed by atoms with E-state index in [4.69, 9.17) is 10.5 Å². The summed E-state index contributed by atoms with van der Waals surface area (Å²) in [6.07, 6.45) is -0.584. The lowest BCUT2D eigenvalue weighted by atomic mass is 10.2. The highest BCUT2D eigenvalue weighted by Gasteiger charge is 2.17. The van der Waals surface area contributed by atoms with Crippen LogP contribution in [0.1, 0.15) is 31.3 Å². The summed E-state index contributed by atoms with van der Waals surface area (Å²) in [5.74, 6) is -0.368. The second-order valence-electron chi connectivity index (χ2n) is 5.76. The number of nitrogens with one attached hydrogen (secondary N) is 2. The molecule has 0 aliphatic carbocycles. The topological polar surface area (TPSA) is 106 Å². The van der Waals surface area contributed by atoms with Gasteiger partial charge in [-0.1, -0.05) is 0 Å². The van der Waals surface area contributed by atoms with Crippen molar-refractivity contribution in [1.29, 1.82) is 0 Å². The van der Waals surface area contributed by atoms with Gasteiger partial charge in [-0.3, -0.25) is 10.1 Å². The molecule has 0 atom stereocenters. The molecule has 0 saturated heterocycles. The van der Waals surface area contributed by atoms with Crippen molar-refractivity contribution in [2.24, 2.45) is 0 Å². The molecule has 0 spiro atoms. The van der Waals surface area contributed by atoms with Gasteiger partial charge in [0.05, 0.1) is 16.9 Å². The molecule has 0 aliphatic rings. The molecule has 0 bridgehead atoms. The van der Waals surface area contributed by atoms with Crippen LogP contribution in [-0.4, -0.2) is 22.6 Å². The van der Waals surface area contributed by atoms with Crippen molar-refractivity contribution in [2.45, 2.75) is 26.4 Å². The highest BCUT2D eigenvalue weighted by molar-refractivity contribution is 7.07. The van der Waals surface area contributed by atoms with Gasteiger partial charge in [0.1, 0.15) is 11.3 Å². The number of rotatable bonds is 3. The van der Waals surface area contributed by atoms with Crippen LogP contribution in [0.4, 0.5) is 21.9 Å². The summed E-state index contributed by atoms with van der Waals surface area (Å²) in [7, 11) is 0. The molecule has 1 aromatic heterocycles. The predicted molar refractivity (Wildman–Crippen MR) is 90.8 cm³/mol. The van der Waals surface area contributed by atoms with Crippen molar-refractivity contribution in [3.63, 3.8) is 0 Å². The van der Waals surface area contributed by atoms with Crippen molar-refractivity contribution >= 4 is 40.4 Å². The summed E-state index contributed by atoms with van der Waals surface area (Å²) in [4.78, 5) is 27.7. The average molecular weight is 334 g/mol. The average Bonchev–Trinajstić information content (AvgIpc) is 2.94. The van der Waals surface area contributed by atoms with E-state index in [1.54, 1.807) is 49.9 Å². The minimum atomic E-state index is -0.598. The third kappa shape index (κ3) is 4.96. The van der Waals surface area contributed by atoms with E-state index < -0.39 is 11.7 Å². The van der Waals surface area contributed by atoms with Gasteiger partial charge in [0.2, 0.25) is 0 Å². The number of nitrogen functional groups attached to an aromatic ring is 1. The third-order valence-corrected chi connectivity index (χ3v) is 3.20. The van der Waals surface area contributed by atoms with E-state index >= 15 is 0 Å². The van der Waals surface area contributed by atoms with Crippen LogP contribution in [0.2, 0.25) is 0 Å². The molecular formula is C15H18N4O3S. The maximum absolute atomic E-state index is 12.0. The lowest BCUT2D eigenvalue weighted by molar-refractivity contribution is 0.0636. The fourth-order valence-corrected chi connectivity index (χ4v) is 2.21. The summed E-state index contributed by atoms with van der Waals surface area (Å²) < 4.78 is 5.17. The second-order valence-corrected chi connectivity index (χ2v) is 6.48. The molecule has 122 valence electrons. The monoisotopic (exact) mass is 334 g/mol. The van der Waals surface area contributed by atoms with E-state index in [0.29, 0.717) is 22.8 Å². The summed E-state index contributed by atoms with van der Waals surface area (Å²) in [5, 5.41) is 6.89. The highest BCUT2D eigenvalue weighted by atomic mass is 32.1. The highest BCUT2D eigenvalue weighted by Crippen LogP contribution is 2.24. The number of anilines is 3. The summed E-state index contributed by atoms with van der Waals surface area (Å²) in [6, 6.07) is 4.77. The lowest BCUT2D eigenvalue weighted by Gasteiger charge is -2.20. The number of nitrogens with zero attached hydrogens (tertiary/aromatic N) is 1. The first-order chi connectivity index (χ1) is 10.7. The molecule has 7 nitrogen and oxygen atoms in total. The van der Waals surface area contributed by atoms with Crippen LogP contribution in [0, 0.1) is 0 Å². The Bertz CT molecular complexity index is 708. The van der Waals surface area contributed by atoms with Gasteiger partial charge in [0, 0.05) is 11.1 Å². The van der Waals surface area contributed by atoms with Gasteiger partial charge in [0.25, 0.3) is 5.91 Å². The Kier molecular flexibility index (Phi) is 4.85. The first kappa shape index (κ1) is 16.8. The number of nitrogens with two attached hydrogens (primary N) is 1. The number of ether oxygens (including phenoxy) is 1. The van der Waals surface area contributed by atoms with Crippen molar-refractivity contribution in [2.75, 3.05) is 16.4 Å². The first-order valence-corrected chi connectivity index (χ1v) is 7.78. The Morgan fingerprint density at radius 1 is 1.26 bits per heavy atom. The fraction of sp³-hybridized carbons (Fsp3) is 0.267. The molecule has 0 saturated carbocycles. The SMILES string of the molecule is CC(C)(C)OC(=O)Nc1ccc(N)c(NC(=O)c2cscn2)c1. The Morgan fingerprint density at radius 3 is 2.61 bits per heavy atom.